The first-order valence-corrected chi connectivity index (χ1v) is 10.2. The monoisotopic (exact) mass is 402 g/mol. The van der Waals surface area contributed by atoms with Gasteiger partial charge in [0.1, 0.15) is 0 Å². The van der Waals surface area contributed by atoms with Gasteiger partial charge in [-0.3, -0.25) is 9.59 Å². The molecule has 1 amide bonds. The average molecular weight is 403 g/mol. The molecule has 2 rings (SSSR count). The van der Waals surface area contributed by atoms with Gasteiger partial charge in [0.15, 0.2) is 0 Å². The number of nitrogens with zero attached hydrogens (tertiary/aromatic N) is 2. The van der Waals surface area contributed by atoms with Gasteiger partial charge in [-0.1, -0.05) is 11.6 Å². The van der Waals surface area contributed by atoms with E-state index in [2.05, 4.69) is 0 Å². The summed E-state index contributed by atoms with van der Waals surface area (Å²) in [5, 5.41) is 0.437. The SMILES string of the molecule is CCOC(=O)C1CCN(C(=O)CN(C)S(=O)(=O)c2ccc(Cl)cc2)CC1. The third kappa shape index (κ3) is 4.96. The minimum atomic E-state index is -3.77. The van der Waals surface area contributed by atoms with Crippen molar-refractivity contribution in [3.63, 3.8) is 0 Å². The van der Waals surface area contributed by atoms with Gasteiger partial charge in [-0.05, 0) is 44.0 Å². The van der Waals surface area contributed by atoms with Crippen molar-refractivity contribution in [1.29, 1.82) is 0 Å². The Balaban J connectivity index is 1.93. The molecule has 1 aliphatic heterocycles. The quantitative estimate of drug-likeness (QED) is 0.677. The highest BCUT2D eigenvalue weighted by Gasteiger charge is 2.30. The van der Waals surface area contributed by atoms with Gasteiger partial charge < -0.3 is 9.64 Å². The van der Waals surface area contributed by atoms with Crippen molar-refractivity contribution in [3.8, 4) is 0 Å². The normalized spacial score (nSPS) is 15.9. The van der Waals surface area contributed by atoms with Crippen LogP contribution < -0.4 is 0 Å². The lowest BCUT2D eigenvalue weighted by Crippen LogP contribution is -2.45. The molecule has 1 aromatic rings. The number of esters is 1. The van der Waals surface area contributed by atoms with E-state index < -0.39 is 10.0 Å². The second kappa shape index (κ2) is 8.83. The van der Waals surface area contributed by atoms with Crippen molar-refractivity contribution < 1.29 is 22.7 Å². The van der Waals surface area contributed by atoms with Crippen molar-refractivity contribution in [3.05, 3.63) is 29.3 Å². The van der Waals surface area contributed by atoms with E-state index in [0.717, 1.165) is 4.31 Å². The van der Waals surface area contributed by atoms with E-state index in [1.165, 1.54) is 31.3 Å². The van der Waals surface area contributed by atoms with Crippen LogP contribution in [0.5, 0.6) is 0 Å². The molecule has 7 nitrogen and oxygen atoms in total. The summed E-state index contributed by atoms with van der Waals surface area (Å²) in [6.07, 6.45) is 1.05. The number of ether oxygens (including phenoxy) is 1. The van der Waals surface area contributed by atoms with Crippen molar-refractivity contribution >= 4 is 33.5 Å². The van der Waals surface area contributed by atoms with Crippen LogP contribution >= 0.6 is 11.6 Å². The van der Waals surface area contributed by atoms with E-state index >= 15 is 0 Å². The summed E-state index contributed by atoms with van der Waals surface area (Å²) in [5.41, 5.74) is 0. The van der Waals surface area contributed by atoms with Crippen LogP contribution in [0.3, 0.4) is 0 Å². The first-order valence-electron chi connectivity index (χ1n) is 8.42. The van der Waals surface area contributed by atoms with E-state index in [9.17, 15) is 18.0 Å². The number of benzene rings is 1. The number of piperidine rings is 1. The Morgan fingerprint density at radius 1 is 1.23 bits per heavy atom. The number of carbonyl (C=O) groups excluding carboxylic acids is 2. The lowest BCUT2D eigenvalue weighted by atomic mass is 9.97. The lowest BCUT2D eigenvalue weighted by Gasteiger charge is -2.32. The summed E-state index contributed by atoms with van der Waals surface area (Å²) in [4.78, 5) is 25.8. The number of amides is 1. The molecule has 1 heterocycles. The molecule has 0 spiro atoms. The van der Waals surface area contributed by atoms with Crippen LogP contribution in [0.1, 0.15) is 19.8 Å². The molecule has 0 unspecified atom stereocenters. The number of halogens is 1. The fourth-order valence-corrected chi connectivity index (χ4v) is 4.03. The molecule has 0 atom stereocenters. The summed E-state index contributed by atoms with van der Waals surface area (Å²) in [6, 6.07) is 5.79. The summed E-state index contributed by atoms with van der Waals surface area (Å²) >= 11 is 5.78. The fraction of sp³-hybridized carbons (Fsp3) is 0.529. The molecule has 0 N–H and O–H groups in total. The first-order chi connectivity index (χ1) is 12.3. The predicted molar refractivity (Wildman–Crippen MR) is 97.2 cm³/mol. The third-order valence-corrected chi connectivity index (χ3v) is 6.42. The Morgan fingerprint density at radius 3 is 2.35 bits per heavy atom. The molecule has 1 aromatic carbocycles. The molecule has 9 heteroatoms. The molecule has 1 fully saturated rings. The summed E-state index contributed by atoms with van der Waals surface area (Å²) in [6.45, 7) is 2.67. The van der Waals surface area contributed by atoms with E-state index in [1.54, 1.807) is 11.8 Å². The molecular formula is C17H23ClN2O5S. The van der Waals surface area contributed by atoms with E-state index in [-0.39, 0.29) is 29.2 Å². The van der Waals surface area contributed by atoms with Crippen LogP contribution in [0, 0.1) is 5.92 Å². The third-order valence-electron chi connectivity index (χ3n) is 4.35. The van der Waals surface area contributed by atoms with Gasteiger partial charge in [0, 0.05) is 25.2 Å². The van der Waals surface area contributed by atoms with Gasteiger partial charge in [-0.25, -0.2) is 8.42 Å². The van der Waals surface area contributed by atoms with E-state index in [0.29, 0.717) is 37.6 Å². The summed E-state index contributed by atoms with van der Waals surface area (Å²) in [7, 11) is -2.40. The zero-order chi connectivity index (χ0) is 19.3. The van der Waals surface area contributed by atoms with Crippen LogP contribution in [0.25, 0.3) is 0 Å². The maximum absolute atomic E-state index is 12.5. The van der Waals surface area contributed by atoms with Crippen LogP contribution in [0.4, 0.5) is 0 Å². The van der Waals surface area contributed by atoms with Crippen LogP contribution in [-0.2, 0) is 24.3 Å². The number of likely N-dealkylation sites (tertiary alicyclic amines) is 1. The molecule has 0 saturated carbocycles. The van der Waals surface area contributed by atoms with Gasteiger partial charge in [0.05, 0.1) is 24.0 Å². The van der Waals surface area contributed by atoms with Crippen molar-refractivity contribution in [1.82, 2.24) is 9.21 Å². The predicted octanol–water partition coefficient (Wildman–Crippen LogP) is 1.76. The van der Waals surface area contributed by atoms with Crippen LogP contribution in [-0.4, -0.2) is 62.8 Å². The van der Waals surface area contributed by atoms with Gasteiger partial charge in [0.25, 0.3) is 0 Å². The standard InChI is InChI=1S/C17H23ClN2O5S/c1-3-25-17(22)13-8-10-20(11-9-13)16(21)12-19(2)26(23,24)15-6-4-14(18)5-7-15/h4-7,13H,3,8-12H2,1-2H3. The Hall–Kier alpha value is -1.64. The van der Waals surface area contributed by atoms with Gasteiger partial charge in [-0.2, -0.15) is 4.31 Å². The topological polar surface area (TPSA) is 84.0 Å². The van der Waals surface area contributed by atoms with Crippen molar-refractivity contribution in [2.45, 2.75) is 24.7 Å². The highest BCUT2D eigenvalue weighted by molar-refractivity contribution is 7.89. The Bertz CT molecular complexity index is 743. The van der Waals surface area contributed by atoms with Crippen molar-refractivity contribution in [2.75, 3.05) is 33.3 Å². The first kappa shape index (κ1) is 20.7. The highest BCUT2D eigenvalue weighted by atomic mass is 35.5. The maximum atomic E-state index is 12.5. The molecule has 1 saturated heterocycles. The molecule has 0 aliphatic carbocycles. The summed E-state index contributed by atoms with van der Waals surface area (Å²) in [5.74, 6) is -0.719. The fourth-order valence-electron chi connectivity index (χ4n) is 2.79. The molecular weight excluding hydrogens is 380 g/mol. The summed E-state index contributed by atoms with van der Waals surface area (Å²) < 4.78 is 31.1. The minimum Gasteiger partial charge on any atom is -0.466 e. The second-order valence-corrected chi connectivity index (χ2v) is 8.60. The van der Waals surface area contributed by atoms with Crippen molar-refractivity contribution in [2.24, 2.45) is 5.92 Å². The second-order valence-electron chi connectivity index (χ2n) is 6.12. The zero-order valence-electron chi connectivity index (χ0n) is 14.9. The van der Waals surface area contributed by atoms with Gasteiger partial charge >= 0.3 is 5.97 Å². The Kier molecular flexibility index (Phi) is 7.02. The molecule has 0 radical (unpaired) electrons. The lowest BCUT2D eigenvalue weighted by molar-refractivity contribution is -0.151. The molecule has 144 valence electrons. The number of hydrogen-bond acceptors (Lipinski definition) is 5. The number of rotatable bonds is 6. The molecule has 1 aliphatic rings. The minimum absolute atomic E-state index is 0.0817. The smallest absolute Gasteiger partial charge is 0.309 e. The Labute approximate surface area is 158 Å². The molecule has 26 heavy (non-hydrogen) atoms. The molecule has 0 aromatic heterocycles. The van der Waals surface area contributed by atoms with E-state index in [4.69, 9.17) is 16.3 Å². The Morgan fingerprint density at radius 2 is 1.81 bits per heavy atom. The average Bonchev–Trinajstić information content (AvgIpc) is 2.62. The van der Waals surface area contributed by atoms with E-state index in [1.807, 2.05) is 0 Å². The van der Waals surface area contributed by atoms with Gasteiger partial charge in [-0.15, -0.1) is 0 Å². The highest BCUT2D eigenvalue weighted by Crippen LogP contribution is 2.20. The number of carbonyl (C=O) groups is 2. The largest absolute Gasteiger partial charge is 0.466 e. The number of likely N-dealkylation sites (N-methyl/N-ethyl adjacent to an activating group) is 1. The number of hydrogen-bond donors (Lipinski definition) is 0. The van der Waals surface area contributed by atoms with Crippen LogP contribution in [0.2, 0.25) is 5.02 Å². The van der Waals surface area contributed by atoms with Gasteiger partial charge in [0.2, 0.25) is 15.9 Å². The molecule has 0 bridgehead atoms. The maximum Gasteiger partial charge on any atom is 0.309 e. The van der Waals surface area contributed by atoms with Crippen LogP contribution in [0.15, 0.2) is 29.2 Å². The zero-order valence-corrected chi connectivity index (χ0v) is 16.4. The number of sulfonamides is 1.